The molecule has 0 aliphatic heterocycles. The fraction of sp³-hybridized carbons (Fsp3) is 0.500. The van der Waals surface area contributed by atoms with E-state index in [9.17, 15) is 4.79 Å². The van der Waals surface area contributed by atoms with Crippen LogP contribution < -0.4 is 4.90 Å². The van der Waals surface area contributed by atoms with Crippen LogP contribution in [0.15, 0.2) is 24.3 Å². The third-order valence-electron chi connectivity index (χ3n) is 2.87. The number of aryl methyl sites for hydroxylation is 1. The summed E-state index contributed by atoms with van der Waals surface area (Å²) in [6.07, 6.45) is 1.67. The third-order valence-corrected chi connectivity index (χ3v) is 3.20. The van der Waals surface area contributed by atoms with Crippen LogP contribution in [0, 0.1) is 0 Å². The van der Waals surface area contributed by atoms with E-state index in [-0.39, 0.29) is 6.42 Å². The van der Waals surface area contributed by atoms with Crippen molar-refractivity contribution in [2.75, 3.05) is 29.7 Å². The number of halogens is 2. The summed E-state index contributed by atoms with van der Waals surface area (Å²) in [4.78, 5) is 41.2. The van der Waals surface area contributed by atoms with Gasteiger partial charge >= 0.3 is 22.5 Å². The molecule has 0 fully saturated rings. The smallest absolute Gasteiger partial charge is 0.314 e. The highest BCUT2D eigenvalue weighted by Crippen LogP contribution is 2.16. The number of rotatable bonds is 9. The molecule has 1 aromatic rings. The molecule has 0 saturated carbocycles. The van der Waals surface area contributed by atoms with E-state index in [1.165, 1.54) is 0 Å². The van der Waals surface area contributed by atoms with Crippen LogP contribution in [0.25, 0.3) is 0 Å². The summed E-state index contributed by atoms with van der Waals surface area (Å²) in [7, 11) is -6.26. The van der Waals surface area contributed by atoms with E-state index < -0.39 is 22.5 Å². The van der Waals surface area contributed by atoms with Crippen LogP contribution in [0.3, 0.4) is 0 Å². The molecule has 0 unspecified atom stereocenters. The fourth-order valence-electron chi connectivity index (χ4n) is 1.89. The largest absolute Gasteiger partial charge is 0.481 e. The Morgan fingerprint density at radius 1 is 0.926 bits per heavy atom. The van der Waals surface area contributed by atoms with Crippen molar-refractivity contribution in [2.24, 2.45) is 0 Å². The van der Waals surface area contributed by atoms with Crippen LogP contribution >= 0.6 is 39.7 Å². The molecular weight excluding hydrogens is 443 g/mol. The summed E-state index contributed by atoms with van der Waals surface area (Å²) < 4.78 is 17.5. The monoisotopic (exact) mass is 467 g/mol. The highest BCUT2D eigenvalue weighted by molar-refractivity contribution is 7.31. The van der Waals surface area contributed by atoms with Crippen molar-refractivity contribution < 1.29 is 38.6 Å². The average Bonchev–Trinajstić information content (AvgIpc) is 2.54. The molecule has 0 aromatic heterocycles. The molecule has 1 rings (SSSR count). The van der Waals surface area contributed by atoms with Crippen LogP contribution in [0.2, 0.25) is 0 Å². The van der Waals surface area contributed by atoms with E-state index in [0.717, 1.165) is 30.8 Å². The Balaban J connectivity index is 0. The minimum Gasteiger partial charge on any atom is -0.481 e. The second-order valence-electron chi connectivity index (χ2n) is 4.84. The summed E-state index contributed by atoms with van der Waals surface area (Å²) in [5.41, 5.74) is 2.25. The first-order valence-corrected chi connectivity index (χ1v) is 11.3. The van der Waals surface area contributed by atoms with E-state index in [4.69, 9.17) is 57.0 Å². The molecule has 0 amide bonds. The lowest BCUT2D eigenvalue weighted by Gasteiger charge is -2.23. The zero-order valence-corrected chi connectivity index (χ0v) is 17.9. The van der Waals surface area contributed by atoms with Crippen molar-refractivity contribution in [3.63, 3.8) is 0 Å². The van der Waals surface area contributed by atoms with Gasteiger partial charge in [0.1, 0.15) is 0 Å². The lowest BCUT2D eigenvalue weighted by Crippen LogP contribution is -2.27. The lowest BCUT2D eigenvalue weighted by molar-refractivity contribution is -0.137. The first kappa shape index (κ1) is 28.6. The summed E-state index contributed by atoms with van der Waals surface area (Å²) in [6, 6.07) is 8.14. The van der Waals surface area contributed by atoms with Crippen molar-refractivity contribution in [1.82, 2.24) is 0 Å². The maximum atomic E-state index is 10.4. The molecule has 0 radical (unpaired) electrons. The number of nitrogens with zero attached hydrogens (tertiary/aromatic N) is 1. The second-order valence-corrected chi connectivity index (χ2v) is 6.73. The minimum atomic E-state index is -3.13. The van der Waals surface area contributed by atoms with Crippen LogP contribution in [-0.4, -0.2) is 55.5 Å². The van der Waals surface area contributed by atoms with Gasteiger partial charge in [-0.3, -0.25) is 13.9 Å². The van der Waals surface area contributed by atoms with Gasteiger partial charge in [-0.15, -0.1) is 23.2 Å². The molecule has 0 atom stereocenters. The van der Waals surface area contributed by atoms with Gasteiger partial charge in [0.25, 0.3) is 0 Å². The topological polar surface area (TPSA) is 156 Å². The number of carboxylic acids is 1. The summed E-state index contributed by atoms with van der Waals surface area (Å²) >= 11 is 11.5. The van der Waals surface area contributed by atoms with Crippen molar-refractivity contribution >= 4 is 51.4 Å². The Morgan fingerprint density at radius 2 is 1.33 bits per heavy atom. The highest BCUT2D eigenvalue weighted by atomic mass is 35.5. The number of aliphatic carboxylic acids is 1. The Labute approximate surface area is 169 Å². The van der Waals surface area contributed by atoms with Gasteiger partial charge in [-0.25, -0.2) is 0 Å². The van der Waals surface area contributed by atoms with Gasteiger partial charge < -0.3 is 29.6 Å². The fourth-order valence-corrected chi connectivity index (χ4v) is 2.30. The predicted octanol–water partition coefficient (Wildman–Crippen LogP) is 2.10. The quantitative estimate of drug-likeness (QED) is 0.271. The number of carboxylic acid groups (broad SMARTS) is 1. The molecule has 0 spiro atoms. The maximum absolute atomic E-state index is 10.4. The molecule has 0 aliphatic rings. The Kier molecular flexibility index (Phi) is 19.8. The molecule has 5 N–H and O–H groups in total. The van der Waals surface area contributed by atoms with E-state index in [1.54, 1.807) is 0 Å². The predicted molar refractivity (Wildman–Crippen MR) is 108 cm³/mol. The SMILES string of the molecule is O=C(O)CCCc1ccc(N(CCCl)CCCl)cc1.O=[PH](O)O.O=[PH](O)O. The van der Waals surface area contributed by atoms with Gasteiger partial charge in [-0.1, -0.05) is 12.1 Å². The van der Waals surface area contributed by atoms with Crippen LogP contribution in [0.5, 0.6) is 0 Å². The number of benzene rings is 1. The molecular formula is C14H25Cl2NO8P2. The number of anilines is 1. The van der Waals surface area contributed by atoms with Gasteiger partial charge in [0.05, 0.1) is 0 Å². The van der Waals surface area contributed by atoms with E-state index in [2.05, 4.69) is 4.90 Å². The first-order chi connectivity index (χ1) is 12.6. The molecule has 1 aromatic carbocycles. The van der Waals surface area contributed by atoms with Gasteiger partial charge in [-0.05, 0) is 30.5 Å². The lowest BCUT2D eigenvalue weighted by atomic mass is 10.1. The Morgan fingerprint density at radius 3 is 1.67 bits per heavy atom. The van der Waals surface area contributed by atoms with Crippen LogP contribution in [-0.2, 0) is 20.3 Å². The summed E-state index contributed by atoms with van der Waals surface area (Å²) in [5.74, 6) is 0.390. The first-order valence-electron chi connectivity index (χ1n) is 7.65. The number of carbonyl (C=O) groups is 1. The number of hydrogen-bond acceptors (Lipinski definition) is 4. The molecule has 0 bridgehead atoms. The van der Waals surface area contributed by atoms with E-state index in [0.29, 0.717) is 18.2 Å². The highest BCUT2D eigenvalue weighted by Gasteiger charge is 2.05. The minimum absolute atomic E-state index is 0.215. The molecule has 0 aliphatic carbocycles. The zero-order valence-electron chi connectivity index (χ0n) is 14.4. The molecule has 0 saturated heterocycles. The van der Waals surface area contributed by atoms with Gasteiger partial charge in [0, 0.05) is 37.0 Å². The normalized spacial score (nSPS) is 9.93. The molecule has 27 heavy (non-hydrogen) atoms. The third kappa shape index (κ3) is 21.5. The van der Waals surface area contributed by atoms with Crippen molar-refractivity contribution in [3.05, 3.63) is 29.8 Å². The van der Waals surface area contributed by atoms with Crippen molar-refractivity contribution in [1.29, 1.82) is 0 Å². The van der Waals surface area contributed by atoms with Crippen LogP contribution in [0.4, 0.5) is 5.69 Å². The van der Waals surface area contributed by atoms with Crippen LogP contribution in [0.1, 0.15) is 18.4 Å². The summed E-state index contributed by atoms with van der Waals surface area (Å²) in [5, 5.41) is 8.59. The summed E-state index contributed by atoms with van der Waals surface area (Å²) in [6.45, 7) is 1.54. The average molecular weight is 468 g/mol. The van der Waals surface area contributed by atoms with Crippen molar-refractivity contribution in [2.45, 2.75) is 19.3 Å². The number of alkyl halides is 2. The molecule has 9 nitrogen and oxygen atoms in total. The molecule has 0 heterocycles. The zero-order chi connectivity index (χ0) is 21.2. The second kappa shape index (κ2) is 18.7. The maximum Gasteiger partial charge on any atom is 0.314 e. The van der Waals surface area contributed by atoms with Gasteiger partial charge in [0.15, 0.2) is 0 Å². The Bertz CT molecular complexity index is 537. The van der Waals surface area contributed by atoms with E-state index >= 15 is 0 Å². The Hall–Kier alpha value is -0.630. The molecule has 158 valence electrons. The van der Waals surface area contributed by atoms with Gasteiger partial charge in [-0.2, -0.15) is 0 Å². The number of hydrogen-bond donors (Lipinski definition) is 5. The molecule has 13 heteroatoms. The van der Waals surface area contributed by atoms with Gasteiger partial charge in [0.2, 0.25) is 0 Å². The van der Waals surface area contributed by atoms with E-state index in [1.807, 2.05) is 24.3 Å². The van der Waals surface area contributed by atoms with Crippen molar-refractivity contribution in [3.8, 4) is 0 Å². The standard InChI is InChI=1S/C14H19Cl2NO2.2H3O3P/c15-8-10-17(11-9-16)13-6-4-12(5-7-13)2-1-3-14(18)19;2*1-4(2)3/h4-7H,1-3,8-11H2,(H,18,19);2*4H,(H2,1,2,3).